The summed E-state index contributed by atoms with van der Waals surface area (Å²) in [7, 11) is 0. The second-order valence-corrected chi connectivity index (χ2v) is 4.74. The Labute approximate surface area is 121 Å². The van der Waals surface area contributed by atoms with Gasteiger partial charge in [-0.3, -0.25) is 4.79 Å². The zero-order chi connectivity index (χ0) is 15.2. The summed E-state index contributed by atoms with van der Waals surface area (Å²) in [5.41, 5.74) is 0.679. The van der Waals surface area contributed by atoms with Crippen molar-refractivity contribution in [3.05, 3.63) is 35.6 Å². The van der Waals surface area contributed by atoms with Crippen LogP contribution in [-0.4, -0.2) is 48.2 Å². The minimum Gasteiger partial charge on any atom is -0.481 e. The first-order chi connectivity index (χ1) is 10.1. The number of benzene rings is 1. The van der Waals surface area contributed by atoms with E-state index in [9.17, 15) is 14.0 Å². The summed E-state index contributed by atoms with van der Waals surface area (Å²) in [5, 5.41) is 11.1. The molecule has 1 aromatic rings. The third-order valence-electron chi connectivity index (χ3n) is 3.19. The first-order valence-corrected chi connectivity index (χ1v) is 6.68. The highest BCUT2D eigenvalue weighted by atomic mass is 19.1. The van der Waals surface area contributed by atoms with Crippen LogP contribution in [0.5, 0.6) is 0 Å². The molecule has 0 spiro atoms. The summed E-state index contributed by atoms with van der Waals surface area (Å²) in [6, 6.07) is 5.75. The molecule has 1 aliphatic heterocycles. The van der Waals surface area contributed by atoms with Crippen molar-refractivity contribution in [1.82, 2.24) is 10.2 Å². The number of morpholine rings is 1. The Morgan fingerprint density at radius 1 is 1.48 bits per heavy atom. The smallest absolute Gasteiger partial charge is 0.317 e. The average Bonchev–Trinajstić information content (AvgIpc) is 2.47. The third kappa shape index (κ3) is 4.42. The number of urea groups is 1. The second kappa shape index (κ2) is 7.03. The Morgan fingerprint density at radius 3 is 3.00 bits per heavy atom. The minimum absolute atomic E-state index is 0.0795. The summed E-state index contributed by atoms with van der Waals surface area (Å²) in [6.07, 6.45) is -0.497. The van der Waals surface area contributed by atoms with Gasteiger partial charge in [-0.05, 0) is 17.7 Å². The Balaban J connectivity index is 1.91. The highest BCUT2D eigenvalue weighted by molar-refractivity contribution is 5.75. The molecule has 0 bridgehead atoms. The highest BCUT2D eigenvalue weighted by Gasteiger charge is 2.25. The maximum atomic E-state index is 13.2. The summed E-state index contributed by atoms with van der Waals surface area (Å²) < 4.78 is 18.8. The highest BCUT2D eigenvalue weighted by Crippen LogP contribution is 2.22. The van der Waals surface area contributed by atoms with Crippen LogP contribution in [0.25, 0.3) is 0 Å². The number of hydrogen-bond donors (Lipinski definition) is 2. The fourth-order valence-corrected chi connectivity index (χ4v) is 2.13. The van der Waals surface area contributed by atoms with E-state index in [0.717, 1.165) is 0 Å². The third-order valence-corrected chi connectivity index (χ3v) is 3.19. The Hall–Kier alpha value is -2.15. The maximum absolute atomic E-state index is 13.2. The molecule has 1 aromatic carbocycles. The SMILES string of the molecule is O=C(O)CCNC(=O)N1CCOC(c2cccc(F)c2)C1. The van der Waals surface area contributed by atoms with Crippen LogP contribution in [0.1, 0.15) is 18.1 Å². The van der Waals surface area contributed by atoms with E-state index in [1.54, 1.807) is 17.0 Å². The van der Waals surface area contributed by atoms with Gasteiger partial charge in [0.15, 0.2) is 0 Å². The number of rotatable bonds is 4. The number of carboxylic acids is 1. The second-order valence-electron chi connectivity index (χ2n) is 4.74. The molecule has 7 heteroatoms. The van der Waals surface area contributed by atoms with Crippen LogP contribution in [0.4, 0.5) is 9.18 Å². The van der Waals surface area contributed by atoms with E-state index in [1.807, 2.05) is 0 Å². The van der Waals surface area contributed by atoms with Gasteiger partial charge in [-0.1, -0.05) is 12.1 Å². The molecule has 0 aromatic heterocycles. The largest absolute Gasteiger partial charge is 0.481 e. The van der Waals surface area contributed by atoms with Gasteiger partial charge < -0.3 is 20.1 Å². The van der Waals surface area contributed by atoms with Crippen LogP contribution in [-0.2, 0) is 9.53 Å². The molecule has 1 unspecified atom stereocenters. The molecule has 1 aliphatic rings. The van der Waals surface area contributed by atoms with Gasteiger partial charge in [0, 0.05) is 13.1 Å². The topological polar surface area (TPSA) is 78.9 Å². The van der Waals surface area contributed by atoms with Crippen molar-refractivity contribution in [3.8, 4) is 0 Å². The predicted molar refractivity (Wildman–Crippen MR) is 72.3 cm³/mol. The number of nitrogens with zero attached hydrogens (tertiary/aromatic N) is 1. The average molecular weight is 296 g/mol. The summed E-state index contributed by atoms with van der Waals surface area (Å²) >= 11 is 0. The molecule has 2 amide bonds. The lowest BCUT2D eigenvalue weighted by molar-refractivity contribution is -0.136. The molecule has 1 atom stereocenters. The normalized spacial score (nSPS) is 18.3. The minimum atomic E-state index is -0.963. The van der Waals surface area contributed by atoms with Crippen molar-refractivity contribution in [3.63, 3.8) is 0 Å². The van der Waals surface area contributed by atoms with E-state index in [2.05, 4.69) is 5.32 Å². The summed E-state index contributed by atoms with van der Waals surface area (Å²) in [4.78, 5) is 23.9. The van der Waals surface area contributed by atoms with Gasteiger partial charge in [0.05, 0.1) is 19.6 Å². The van der Waals surface area contributed by atoms with Crippen LogP contribution in [0.2, 0.25) is 0 Å². The Morgan fingerprint density at radius 2 is 2.29 bits per heavy atom. The number of halogens is 1. The van der Waals surface area contributed by atoms with Crippen LogP contribution < -0.4 is 5.32 Å². The zero-order valence-corrected chi connectivity index (χ0v) is 11.4. The maximum Gasteiger partial charge on any atom is 0.317 e. The van der Waals surface area contributed by atoms with Crippen molar-refractivity contribution in [2.24, 2.45) is 0 Å². The van der Waals surface area contributed by atoms with Gasteiger partial charge in [-0.25, -0.2) is 9.18 Å². The van der Waals surface area contributed by atoms with Gasteiger partial charge in [-0.2, -0.15) is 0 Å². The standard InChI is InChI=1S/C14H17FN2O4/c15-11-3-1-2-10(8-11)12-9-17(6-7-21-12)14(20)16-5-4-13(18)19/h1-3,8,12H,4-7,9H2,(H,16,20)(H,18,19). The number of amides is 2. The van der Waals surface area contributed by atoms with Crippen molar-refractivity contribution >= 4 is 12.0 Å². The van der Waals surface area contributed by atoms with Crippen molar-refractivity contribution in [2.45, 2.75) is 12.5 Å². The molecular weight excluding hydrogens is 279 g/mol. The summed E-state index contributed by atoms with van der Waals surface area (Å²) in [6.45, 7) is 1.16. The van der Waals surface area contributed by atoms with E-state index in [0.29, 0.717) is 25.3 Å². The number of aliphatic carboxylic acids is 1. The number of nitrogens with one attached hydrogen (secondary N) is 1. The summed E-state index contributed by atoms with van der Waals surface area (Å²) in [5.74, 6) is -1.31. The number of carboxylic acid groups (broad SMARTS) is 1. The fourth-order valence-electron chi connectivity index (χ4n) is 2.13. The van der Waals surface area contributed by atoms with E-state index < -0.39 is 5.97 Å². The lowest BCUT2D eigenvalue weighted by atomic mass is 10.1. The van der Waals surface area contributed by atoms with Crippen molar-refractivity contribution < 1.29 is 23.8 Å². The van der Waals surface area contributed by atoms with Gasteiger partial charge in [-0.15, -0.1) is 0 Å². The van der Waals surface area contributed by atoms with Crippen molar-refractivity contribution in [2.75, 3.05) is 26.2 Å². The zero-order valence-electron chi connectivity index (χ0n) is 11.4. The van der Waals surface area contributed by atoms with Crippen LogP contribution in [0.3, 0.4) is 0 Å². The van der Waals surface area contributed by atoms with Gasteiger partial charge in [0.25, 0.3) is 0 Å². The predicted octanol–water partition coefficient (Wildman–Crippen LogP) is 1.38. The van der Waals surface area contributed by atoms with E-state index in [-0.39, 0.29) is 30.9 Å². The number of hydrogen-bond acceptors (Lipinski definition) is 3. The van der Waals surface area contributed by atoms with Gasteiger partial charge >= 0.3 is 12.0 Å². The molecular formula is C14H17FN2O4. The van der Waals surface area contributed by atoms with Gasteiger partial charge in [0.2, 0.25) is 0 Å². The molecule has 1 fully saturated rings. The first kappa shape index (κ1) is 15.2. The quantitative estimate of drug-likeness (QED) is 0.880. The molecule has 6 nitrogen and oxygen atoms in total. The van der Waals surface area contributed by atoms with E-state index in [1.165, 1.54) is 12.1 Å². The van der Waals surface area contributed by atoms with Crippen LogP contribution in [0, 0.1) is 5.82 Å². The van der Waals surface area contributed by atoms with Crippen LogP contribution >= 0.6 is 0 Å². The first-order valence-electron chi connectivity index (χ1n) is 6.68. The Kier molecular flexibility index (Phi) is 5.10. The number of carbonyl (C=O) groups is 2. The molecule has 0 aliphatic carbocycles. The molecule has 114 valence electrons. The molecule has 2 rings (SSSR count). The lowest BCUT2D eigenvalue weighted by Gasteiger charge is -2.33. The van der Waals surface area contributed by atoms with Crippen molar-refractivity contribution in [1.29, 1.82) is 0 Å². The molecule has 1 saturated heterocycles. The van der Waals surface area contributed by atoms with E-state index in [4.69, 9.17) is 9.84 Å². The Bertz CT molecular complexity index is 523. The van der Waals surface area contributed by atoms with Crippen LogP contribution in [0.15, 0.2) is 24.3 Å². The number of ether oxygens (including phenoxy) is 1. The number of carbonyl (C=O) groups excluding carboxylic acids is 1. The molecule has 0 saturated carbocycles. The fraction of sp³-hybridized carbons (Fsp3) is 0.429. The molecule has 1 heterocycles. The molecule has 2 N–H and O–H groups in total. The van der Waals surface area contributed by atoms with E-state index >= 15 is 0 Å². The lowest BCUT2D eigenvalue weighted by Crippen LogP contribution is -2.47. The molecule has 21 heavy (non-hydrogen) atoms. The molecule has 0 radical (unpaired) electrons. The van der Waals surface area contributed by atoms with Gasteiger partial charge in [0.1, 0.15) is 11.9 Å². The monoisotopic (exact) mass is 296 g/mol.